The zero-order valence-corrected chi connectivity index (χ0v) is 17.2. The van der Waals surface area contributed by atoms with Crippen molar-refractivity contribution in [1.29, 1.82) is 0 Å². The summed E-state index contributed by atoms with van der Waals surface area (Å²) in [6, 6.07) is 15.0. The molecule has 2 aromatic heterocycles. The summed E-state index contributed by atoms with van der Waals surface area (Å²) in [6.07, 6.45) is 6.47. The molecule has 6 heteroatoms. The molecule has 30 heavy (non-hydrogen) atoms. The minimum absolute atomic E-state index is 0.208. The van der Waals surface area contributed by atoms with Gasteiger partial charge in [0.1, 0.15) is 23.1 Å². The maximum atomic E-state index is 13.2. The zero-order valence-electron chi connectivity index (χ0n) is 17.2. The van der Waals surface area contributed by atoms with Crippen LogP contribution < -0.4 is 15.4 Å². The van der Waals surface area contributed by atoms with Gasteiger partial charge in [-0.25, -0.2) is 9.97 Å². The van der Waals surface area contributed by atoms with Crippen LogP contribution >= 0.6 is 0 Å². The molecule has 0 unspecified atom stereocenters. The SMILES string of the molecule is COc1ccc(-c2cnc(N)c(C(=O)c3cccc(N4CCCCCC4)n3)c2)cc1. The van der Waals surface area contributed by atoms with Crippen LogP contribution in [0.25, 0.3) is 11.1 Å². The third-order valence-electron chi connectivity index (χ3n) is 5.48. The molecule has 1 aromatic carbocycles. The number of ketones is 1. The van der Waals surface area contributed by atoms with E-state index < -0.39 is 0 Å². The van der Waals surface area contributed by atoms with Gasteiger partial charge >= 0.3 is 0 Å². The van der Waals surface area contributed by atoms with E-state index in [9.17, 15) is 4.79 Å². The van der Waals surface area contributed by atoms with Crippen LogP contribution in [0.15, 0.2) is 54.7 Å². The summed E-state index contributed by atoms with van der Waals surface area (Å²) in [5.41, 5.74) is 8.57. The van der Waals surface area contributed by atoms with Gasteiger partial charge in [-0.3, -0.25) is 4.79 Å². The fraction of sp³-hybridized carbons (Fsp3) is 0.292. The number of pyridine rings is 2. The Balaban J connectivity index is 1.63. The monoisotopic (exact) mass is 402 g/mol. The molecule has 0 bridgehead atoms. The Bertz CT molecular complexity index is 1030. The van der Waals surface area contributed by atoms with Gasteiger partial charge < -0.3 is 15.4 Å². The summed E-state index contributed by atoms with van der Waals surface area (Å²) >= 11 is 0. The molecule has 3 heterocycles. The van der Waals surface area contributed by atoms with Crippen molar-refractivity contribution < 1.29 is 9.53 Å². The number of carbonyl (C=O) groups excluding carboxylic acids is 1. The molecule has 1 aliphatic rings. The van der Waals surface area contributed by atoms with E-state index in [1.54, 1.807) is 25.4 Å². The third kappa shape index (κ3) is 4.27. The molecule has 2 N–H and O–H groups in total. The summed E-state index contributed by atoms with van der Waals surface area (Å²) in [4.78, 5) is 24.4. The molecule has 0 radical (unpaired) electrons. The molecule has 4 rings (SSSR count). The number of hydrogen-bond donors (Lipinski definition) is 1. The van der Waals surface area contributed by atoms with E-state index in [4.69, 9.17) is 10.5 Å². The first-order valence-electron chi connectivity index (χ1n) is 10.3. The summed E-state index contributed by atoms with van der Waals surface area (Å²) in [5.74, 6) is 1.61. The molecule has 0 saturated carbocycles. The lowest BCUT2D eigenvalue weighted by atomic mass is 10.0. The predicted octanol–water partition coefficient (Wildman–Crippen LogP) is 4.35. The lowest BCUT2D eigenvalue weighted by molar-refractivity contribution is 0.103. The first-order chi connectivity index (χ1) is 14.7. The lowest BCUT2D eigenvalue weighted by Crippen LogP contribution is -2.25. The molecule has 0 aliphatic carbocycles. The molecule has 154 valence electrons. The van der Waals surface area contributed by atoms with Gasteiger partial charge in [-0.15, -0.1) is 0 Å². The van der Waals surface area contributed by atoms with Crippen molar-refractivity contribution in [1.82, 2.24) is 9.97 Å². The van der Waals surface area contributed by atoms with Crippen LogP contribution in [-0.4, -0.2) is 36.0 Å². The highest BCUT2D eigenvalue weighted by Crippen LogP contribution is 2.26. The highest BCUT2D eigenvalue weighted by Gasteiger charge is 2.18. The number of nitrogens with two attached hydrogens (primary N) is 1. The van der Waals surface area contributed by atoms with E-state index in [1.165, 1.54) is 12.8 Å². The van der Waals surface area contributed by atoms with Crippen molar-refractivity contribution >= 4 is 17.4 Å². The van der Waals surface area contributed by atoms with Crippen molar-refractivity contribution in [3.63, 3.8) is 0 Å². The van der Waals surface area contributed by atoms with Crippen molar-refractivity contribution in [2.24, 2.45) is 0 Å². The fourth-order valence-electron chi connectivity index (χ4n) is 3.76. The van der Waals surface area contributed by atoms with Crippen molar-refractivity contribution in [3.8, 4) is 16.9 Å². The predicted molar refractivity (Wildman–Crippen MR) is 119 cm³/mol. The minimum atomic E-state index is -0.216. The number of nitrogen functional groups attached to an aromatic ring is 1. The van der Waals surface area contributed by atoms with Gasteiger partial charge in [0.25, 0.3) is 0 Å². The molecular formula is C24H26N4O2. The number of benzene rings is 1. The first kappa shape index (κ1) is 19.9. The molecular weight excluding hydrogens is 376 g/mol. The quantitative estimate of drug-likeness (QED) is 0.639. The largest absolute Gasteiger partial charge is 0.497 e. The van der Waals surface area contributed by atoms with Gasteiger partial charge in [0, 0.05) is 24.8 Å². The van der Waals surface area contributed by atoms with Crippen LogP contribution in [-0.2, 0) is 0 Å². The standard InChI is InChI=1S/C24H26N4O2/c1-30-19-11-9-17(10-12-19)18-15-20(24(25)26-16-18)23(29)21-7-6-8-22(27-21)28-13-4-2-3-5-14-28/h6-12,15-16H,2-5,13-14H2,1H3,(H2,25,26). The first-order valence-corrected chi connectivity index (χ1v) is 10.3. The van der Waals surface area contributed by atoms with Gasteiger partial charge in [-0.05, 0) is 48.7 Å². The zero-order chi connectivity index (χ0) is 20.9. The van der Waals surface area contributed by atoms with Crippen molar-refractivity contribution in [3.05, 3.63) is 66.0 Å². The molecule has 0 amide bonds. The van der Waals surface area contributed by atoms with Gasteiger partial charge in [0.15, 0.2) is 0 Å². The number of ether oxygens (including phenoxy) is 1. The van der Waals surface area contributed by atoms with Gasteiger partial charge in [-0.2, -0.15) is 0 Å². The van der Waals surface area contributed by atoms with E-state index in [1.807, 2.05) is 36.4 Å². The molecule has 3 aromatic rings. The van der Waals surface area contributed by atoms with E-state index >= 15 is 0 Å². The number of hydrogen-bond acceptors (Lipinski definition) is 6. The molecule has 1 saturated heterocycles. The Morgan fingerprint density at radius 1 is 1.00 bits per heavy atom. The highest BCUT2D eigenvalue weighted by molar-refractivity contribution is 6.11. The number of nitrogens with zero attached hydrogens (tertiary/aromatic N) is 3. The van der Waals surface area contributed by atoms with Gasteiger partial charge in [-0.1, -0.05) is 31.0 Å². The van der Waals surface area contributed by atoms with Crippen LogP contribution in [0.3, 0.4) is 0 Å². The number of aromatic nitrogens is 2. The van der Waals surface area contributed by atoms with E-state index in [0.717, 1.165) is 48.6 Å². The second-order valence-corrected chi connectivity index (χ2v) is 7.50. The van der Waals surface area contributed by atoms with Crippen LogP contribution in [0.5, 0.6) is 5.75 Å². The number of carbonyl (C=O) groups is 1. The molecule has 0 spiro atoms. The minimum Gasteiger partial charge on any atom is -0.497 e. The molecule has 6 nitrogen and oxygen atoms in total. The normalized spacial score (nSPS) is 14.2. The van der Waals surface area contributed by atoms with Crippen LogP contribution in [0.2, 0.25) is 0 Å². The highest BCUT2D eigenvalue weighted by atomic mass is 16.5. The Hall–Kier alpha value is -3.41. The fourth-order valence-corrected chi connectivity index (χ4v) is 3.76. The lowest BCUT2D eigenvalue weighted by Gasteiger charge is -2.21. The second kappa shape index (κ2) is 8.95. The maximum absolute atomic E-state index is 13.2. The Morgan fingerprint density at radius 3 is 2.43 bits per heavy atom. The van der Waals surface area contributed by atoms with Crippen molar-refractivity contribution in [2.75, 3.05) is 30.8 Å². The van der Waals surface area contributed by atoms with Gasteiger partial charge in [0.2, 0.25) is 5.78 Å². The molecule has 1 aliphatic heterocycles. The summed E-state index contributed by atoms with van der Waals surface area (Å²) in [6.45, 7) is 1.95. The average molecular weight is 402 g/mol. The van der Waals surface area contributed by atoms with Crippen LogP contribution in [0, 0.1) is 0 Å². The third-order valence-corrected chi connectivity index (χ3v) is 5.48. The molecule has 1 fully saturated rings. The van der Waals surface area contributed by atoms with E-state index in [2.05, 4.69) is 14.9 Å². The Kier molecular flexibility index (Phi) is 5.93. The summed E-state index contributed by atoms with van der Waals surface area (Å²) < 4.78 is 5.21. The Morgan fingerprint density at radius 2 is 1.73 bits per heavy atom. The smallest absolute Gasteiger partial charge is 0.215 e. The summed E-state index contributed by atoms with van der Waals surface area (Å²) in [5, 5.41) is 0. The van der Waals surface area contributed by atoms with Gasteiger partial charge in [0.05, 0.1) is 12.7 Å². The van der Waals surface area contributed by atoms with Crippen molar-refractivity contribution in [2.45, 2.75) is 25.7 Å². The van der Waals surface area contributed by atoms with E-state index in [0.29, 0.717) is 11.3 Å². The Labute approximate surface area is 176 Å². The van der Waals surface area contributed by atoms with Crippen LogP contribution in [0.4, 0.5) is 11.6 Å². The average Bonchev–Trinajstić information content (AvgIpc) is 3.09. The second-order valence-electron chi connectivity index (χ2n) is 7.50. The number of rotatable bonds is 5. The topological polar surface area (TPSA) is 81.3 Å². The number of anilines is 2. The van der Waals surface area contributed by atoms with E-state index in [-0.39, 0.29) is 11.6 Å². The van der Waals surface area contributed by atoms with Crippen LogP contribution in [0.1, 0.15) is 41.7 Å². The number of methoxy groups -OCH3 is 1. The molecule has 0 atom stereocenters. The maximum Gasteiger partial charge on any atom is 0.215 e. The summed E-state index contributed by atoms with van der Waals surface area (Å²) in [7, 11) is 1.63.